The van der Waals surface area contributed by atoms with Crippen molar-refractivity contribution in [2.45, 2.75) is 26.2 Å². The van der Waals surface area contributed by atoms with Gasteiger partial charge >= 0.3 is 0 Å². The second-order valence-corrected chi connectivity index (χ2v) is 5.68. The average Bonchev–Trinajstić information content (AvgIpc) is 2.56. The smallest absolute Gasteiger partial charge is 0.190 e. The Hall–Kier alpha value is -1.88. The fourth-order valence-corrected chi connectivity index (χ4v) is 2.61. The molecule has 0 fully saturated rings. The third-order valence-electron chi connectivity index (χ3n) is 4.01. The van der Waals surface area contributed by atoms with Crippen molar-refractivity contribution in [3.63, 3.8) is 0 Å². The molecule has 1 aromatic rings. The Balaban J connectivity index is 1.69. The molecule has 4 nitrogen and oxygen atoms in total. The third-order valence-corrected chi connectivity index (χ3v) is 4.01. The third kappa shape index (κ3) is 6.02. The summed E-state index contributed by atoms with van der Waals surface area (Å²) in [5.74, 6) is 0.622. The molecule has 0 saturated carbocycles. The topological polar surface area (TPSA) is 45.7 Å². The van der Waals surface area contributed by atoms with Crippen LogP contribution in [0.2, 0.25) is 0 Å². The lowest BCUT2D eigenvalue weighted by Crippen LogP contribution is -2.39. The van der Waals surface area contributed by atoms with Crippen LogP contribution in [0, 0.1) is 12.7 Å². The van der Waals surface area contributed by atoms with Crippen LogP contribution in [0.4, 0.5) is 4.39 Å². The van der Waals surface area contributed by atoms with Gasteiger partial charge in [0.1, 0.15) is 5.82 Å². The van der Waals surface area contributed by atoms with Gasteiger partial charge in [0.25, 0.3) is 0 Å². The summed E-state index contributed by atoms with van der Waals surface area (Å²) in [6.45, 7) is 5.13. The number of ether oxygens (including phenoxy) is 1. The molecule has 0 bridgehead atoms. The number of halogens is 1. The van der Waals surface area contributed by atoms with Crippen LogP contribution in [0.1, 0.15) is 24.0 Å². The number of guanidine groups is 1. The number of nitrogens with one attached hydrogen (secondary N) is 2. The van der Waals surface area contributed by atoms with Gasteiger partial charge in [-0.1, -0.05) is 17.7 Å². The zero-order chi connectivity index (χ0) is 16.5. The molecule has 1 aromatic carbocycles. The minimum atomic E-state index is -0.181. The number of rotatable bonds is 6. The maximum atomic E-state index is 13.1. The van der Waals surface area contributed by atoms with Crippen LogP contribution in [-0.2, 0) is 11.2 Å². The molecule has 0 spiro atoms. The largest absolute Gasteiger partial charge is 0.377 e. The predicted octanol–water partition coefficient (Wildman–Crippen LogP) is 2.58. The van der Waals surface area contributed by atoms with Crippen molar-refractivity contribution in [2.75, 3.05) is 33.4 Å². The van der Waals surface area contributed by atoms with Gasteiger partial charge in [0.2, 0.25) is 0 Å². The SMILES string of the molecule is CN=C(NCCC1=CCOCC1)NCCc1ccc(F)cc1C. The fourth-order valence-electron chi connectivity index (χ4n) is 2.61. The number of hydrogen-bond donors (Lipinski definition) is 2. The molecule has 0 aliphatic carbocycles. The molecule has 0 aromatic heterocycles. The van der Waals surface area contributed by atoms with Gasteiger partial charge in [-0.2, -0.15) is 0 Å². The molecule has 1 aliphatic heterocycles. The van der Waals surface area contributed by atoms with Crippen molar-refractivity contribution in [1.29, 1.82) is 0 Å². The van der Waals surface area contributed by atoms with Crippen molar-refractivity contribution in [2.24, 2.45) is 4.99 Å². The van der Waals surface area contributed by atoms with Gasteiger partial charge in [0.15, 0.2) is 5.96 Å². The standard InChI is InChI=1S/C18H26FN3O/c1-14-13-17(19)4-3-16(14)6-10-22-18(20-2)21-9-5-15-7-11-23-12-8-15/h3-4,7,13H,5-6,8-12H2,1-2H3,(H2,20,21,22). The molecule has 5 heteroatoms. The number of aliphatic imine (C=N–C) groups is 1. The molecule has 0 amide bonds. The first-order chi connectivity index (χ1) is 11.2. The van der Waals surface area contributed by atoms with Crippen molar-refractivity contribution in [3.8, 4) is 0 Å². The molecular weight excluding hydrogens is 293 g/mol. The van der Waals surface area contributed by atoms with Crippen LogP contribution in [0.3, 0.4) is 0 Å². The van der Waals surface area contributed by atoms with Gasteiger partial charge in [0.05, 0.1) is 13.2 Å². The van der Waals surface area contributed by atoms with Gasteiger partial charge in [-0.15, -0.1) is 0 Å². The summed E-state index contributed by atoms with van der Waals surface area (Å²) < 4.78 is 18.4. The van der Waals surface area contributed by atoms with E-state index in [1.54, 1.807) is 13.1 Å². The molecule has 0 radical (unpaired) electrons. The molecule has 23 heavy (non-hydrogen) atoms. The minimum absolute atomic E-state index is 0.181. The Bertz CT molecular complexity index is 569. The van der Waals surface area contributed by atoms with E-state index in [9.17, 15) is 4.39 Å². The van der Waals surface area contributed by atoms with E-state index in [0.29, 0.717) is 0 Å². The van der Waals surface area contributed by atoms with Crippen molar-refractivity contribution in [1.82, 2.24) is 10.6 Å². The van der Waals surface area contributed by atoms with E-state index in [2.05, 4.69) is 21.7 Å². The van der Waals surface area contributed by atoms with Crippen LogP contribution in [-0.4, -0.2) is 39.3 Å². The van der Waals surface area contributed by atoms with Crippen molar-refractivity contribution >= 4 is 5.96 Å². The lowest BCUT2D eigenvalue weighted by Gasteiger charge is -2.15. The Morgan fingerprint density at radius 3 is 2.70 bits per heavy atom. The summed E-state index contributed by atoms with van der Waals surface area (Å²) >= 11 is 0. The molecule has 2 rings (SSSR count). The zero-order valence-corrected chi connectivity index (χ0v) is 14.0. The monoisotopic (exact) mass is 319 g/mol. The van der Waals surface area contributed by atoms with Crippen LogP contribution in [0.15, 0.2) is 34.8 Å². The summed E-state index contributed by atoms with van der Waals surface area (Å²) in [5, 5.41) is 6.62. The number of aryl methyl sites for hydroxylation is 1. The van der Waals surface area contributed by atoms with E-state index in [0.717, 1.165) is 62.7 Å². The first-order valence-electron chi connectivity index (χ1n) is 8.14. The van der Waals surface area contributed by atoms with E-state index in [-0.39, 0.29) is 5.82 Å². The van der Waals surface area contributed by atoms with E-state index in [1.807, 2.05) is 13.0 Å². The first-order valence-corrected chi connectivity index (χ1v) is 8.14. The maximum absolute atomic E-state index is 13.1. The number of benzene rings is 1. The fraction of sp³-hybridized carbons (Fsp3) is 0.500. The normalized spacial score (nSPS) is 15.3. The van der Waals surface area contributed by atoms with Crippen LogP contribution in [0.25, 0.3) is 0 Å². The summed E-state index contributed by atoms with van der Waals surface area (Å²) in [7, 11) is 1.77. The Morgan fingerprint density at radius 1 is 1.26 bits per heavy atom. The van der Waals surface area contributed by atoms with Gasteiger partial charge in [-0.3, -0.25) is 4.99 Å². The highest BCUT2D eigenvalue weighted by Crippen LogP contribution is 2.11. The van der Waals surface area contributed by atoms with E-state index < -0.39 is 0 Å². The number of hydrogen-bond acceptors (Lipinski definition) is 2. The highest BCUT2D eigenvalue weighted by atomic mass is 19.1. The Kier molecular flexibility index (Phi) is 7.07. The minimum Gasteiger partial charge on any atom is -0.377 e. The number of nitrogens with zero attached hydrogens (tertiary/aromatic N) is 1. The summed E-state index contributed by atoms with van der Waals surface area (Å²) in [6, 6.07) is 4.93. The van der Waals surface area contributed by atoms with Gasteiger partial charge in [0, 0.05) is 20.1 Å². The lowest BCUT2D eigenvalue weighted by molar-refractivity contribution is 0.153. The molecule has 126 valence electrons. The molecule has 1 aliphatic rings. The zero-order valence-electron chi connectivity index (χ0n) is 14.0. The van der Waals surface area contributed by atoms with E-state index >= 15 is 0 Å². The summed E-state index contributed by atoms with van der Waals surface area (Å²) in [5.41, 5.74) is 3.59. The molecule has 0 saturated heterocycles. The Morgan fingerprint density at radius 2 is 2.04 bits per heavy atom. The second kappa shape index (κ2) is 9.30. The van der Waals surface area contributed by atoms with Crippen LogP contribution >= 0.6 is 0 Å². The quantitative estimate of drug-likeness (QED) is 0.481. The van der Waals surface area contributed by atoms with Crippen molar-refractivity contribution in [3.05, 3.63) is 46.8 Å². The lowest BCUT2D eigenvalue weighted by atomic mass is 10.1. The highest BCUT2D eigenvalue weighted by Gasteiger charge is 2.05. The maximum Gasteiger partial charge on any atom is 0.190 e. The second-order valence-electron chi connectivity index (χ2n) is 5.68. The predicted molar refractivity (Wildman–Crippen MR) is 92.3 cm³/mol. The van der Waals surface area contributed by atoms with Crippen LogP contribution < -0.4 is 10.6 Å². The van der Waals surface area contributed by atoms with Gasteiger partial charge in [-0.25, -0.2) is 4.39 Å². The molecule has 2 N–H and O–H groups in total. The van der Waals surface area contributed by atoms with Gasteiger partial charge < -0.3 is 15.4 Å². The molecule has 0 atom stereocenters. The van der Waals surface area contributed by atoms with Crippen molar-refractivity contribution < 1.29 is 9.13 Å². The average molecular weight is 319 g/mol. The van der Waals surface area contributed by atoms with Crippen LogP contribution in [0.5, 0.6) is 0 Å². The highest BCUT2D eigenvalue weighted by molar-refractivity contribution is 5.79. The van der Waals surface area contributed by atoms with E-state index in [4.69, 9.17) is 4.74 Å². The molecule has 0 unspecified atom stereocenters. The Labute approximate surface area is 137 Å². The summed E-state index contributed by atoms with van der Waals surface area (Å²) in [4.78, 5) is 4.23. The van der Waals surface area contributed by atoms with Gasteiger partial charge in [-0.05, 0) is 49.4 Å². The molecular formula is C18H26FN3O. The van der Waals surface area contributed by atoms with E-state index in [1.165, 1.54) is 11.6 Å². The summed E-state index contributed by atoms with van der Waals surface area (Å²) in [6.07, 6.45) is 5.05. The first kappa shape index (κ1) is 17.5. The molecule has 1 heterocycles.